The third kappa shape index (κ3) is 7.74. The van der Waals surface area contributed by atoms with E-state index in [1.54, 1.807) is 4.57 Å². The predicted octanol–water partition coefficient (Wildman–Crippen LogP) is 8.41. The molecule has 0 saturated heterocycles. The smallest absolute Gasteiger partial charge is 0.261 e. The Balaban J connectivity index is 1.60. The summed E-state index contributed by atoms with van der Waals surface area (Å²) in [4.78, 5) is 19.1. The maximum Gasteiger partial charge on any atom is 0.261 e. The summed E-state index contributed by atoms with van der Waals surface area (Å²) < 4.78 is 14.0. The Labute approximate surface area is 263 Å². The molecule has 6 nitrogen and oxygen atoms in total. The maximum absolute atomic E-state index is 14.2. The van der Waals surface area contributed by atoms with Gasteiger partial charge in [-0.3, -0.25) is 9.36 Å². The first-order valence-electron chi connectivity index (χ1n) is 15.5. The van der Waals surface area contributed by atoms with Gasteiger partial charge >= 0.3 is 0 Å². The standard InChI is InChI=1S/C37H45N3O3Si/c1-8-9-17-35-34(24-28-18-20-29(21-19-28)33-16-11-10-13-30(33)26-38)36(41)40(27(2)39-35)31-14-12-15-32(25-31)42-22-23-43-44(6,7)37(3,4)5/h10-16,18-21,25H,8-9,17,22-24H2,1-7H3. The number of benzene rings is 3. The van der Waals surface area contributed by atoms with E-state index in [0.29, 0.717) is 42.3 Å². The maximum atomic E-state index is 14.2. The lowest BCUT2D eigenvalue weighted by atomic mass is 9.96. The zero-order valence-electron chi connectivity index (χ0n) is 27.2. The molecule has 230 valence electrons. The van der Waals surface area contributed by atoms with Crippen LogP contribution < -0.4 is 10.3 Å². The summed E-state index contributed by atoms with van der Waals surface area (Å²) in [5.41, 5.74) is 5.79. The predicted molar refractivity (Wildman–Crippen MR) is 181 cm³/mol. The first kappa shape index (κ1) is 32.9. The Morgan fingerprint density at radius 2 is 1.70 bits per heavy atom. The van der Waals surface area contributed by atoms with Crippen LogP contribution in [0.4, 0.5) is 0 Å². The first-order chi connectivity index (χ1) is 20.9. The number of ether oxygens (including phenoxy) is 1. The first-order valence-corrected chi connectivity index (χ1v) is 18.4. The lowest BCUT2D eigenvalue weighted by Gasteiger charge is -2.36. The van der Waals surface area contributed by atoms with Gasteiger partial charge in [0.15, 0.2) is 8.32 Å². The van der Waals surface area contributed by atoms with Crippen molar-refractivity contribution in [3.8, 4) is 28.6 Å². The highest BCUT2D eigenvalue weighted by Gasteiger charge is 2.36. The van der Waals surface area contributed by atoms with Gasteiger partial charge in [0.2, 0.25) is 0 Å². The van der Waals surface area contributed by atoms with E-state index in [1.807, 2.05) is 79.7 Å². The van der Waals surface area contributed by atoms with Crippen LogP contribution in [0.2, 0.25) is 18.1 Å². The molecular formula is C37H45N3O3Si. The van der Waals surface area contributed by atoms with Crippen molar-refractivity contribution in [1.29, 1.82) is 5.26 Å². The Kier molecular flexibility index (Phi) is 10.6. The minimum atomic E-state index is -1.85. The van der Waals surface area contributed by atoms with Crippen LogP contribution in [0.3, 0.4) is 0 Å². The molecule has 1 aromatic heterocycles. The van der Waals surface area contributed by atoms with Crippen LogP contribution in [-0.2, 0) is 17.3 Å². The number of nitrogens with zero attached hydrogens (tertiary/aromatic N) is 3. The number of hydrogen-bond donors (Lipinski definition) is 0. The third-order valence-electron chi connectivity index (χ3n) is 8.59. The molecule has 0 spiro atoms. The fourth-order valence-corrected chi connectivity index (χ4v) is 6.00. The van der Waals surface area contributed by atoms with Crippen molar-refractivity contribution >= 4 is 8.32 Å². The Hall–Kier alpha value is -3.99. The molecule has 4 aromatic rings. The van der Waals surface area contributed by atoms with Gasteiger partial charge in [-0.15, -0.1) is 0 Å². The molecule has 3 aromatic carbocycles. The second kappa shape index (κ2) is 14.2. The highest BCUT2D eigenvalue weighted by molar-refractivity contribution is 6.74. The molecule has 0 aliphatic carbocycles. The molecule has 0 aliphatic heterocycles. The van der Waals surface area contributed by atoms with Gasteiger partial charge in [-0.1, -0.05) is 82.6 Å². The van der Waals surface area contributed by atoms with Gasteiger partial charge in [0, 0.05) is 18.1 Å². The van der Waals surface area contributed by atoms with Crippen LogP contribution in [0.25, 0.3) is 16.8 Å². The number of hydrogen-bond acceptors (Lipinski definition) is 5. The van der Waals surface area contributed by atoms with Crippen LogP contribution in [0.1, 0.15) is 68.7 Å². The normalized spacial score (nSPS) is 11.8. The largest absolute Gasteiger partial charge is 0.491 e. The van der Waals surface area contributed by atoms with Gasteiger partial charge in [0.1, 0.15) is 18.2 Å². The summed E-state index contributed by atoms with van der Waals surface area (Å²) in [7, 11) is -1.85. The van der Waals surface area contributed by atoms with Crippen molar-refractivity contribution in [3.63, 3.8) is 0 Å². The van der Waals surface area contributed by atoms with Crippen molar-refractivity contribution in [2.45, 2.75) is 78.4 Å². The SMILES string of the molecule is CCCCc1nc(C)n(-c2cccc(OCCO[Si](C)(C)C(C)(C)C)c2)c(=O)c1Cc1ccc(-c2ccccc2C#N)cc1. The number of aromatic nitrogens is 2. The van der Waals surface area contributed by atoms with Gasteiger partial charge in [0.25, 0.3) is 5.56 Å². The topological polar surface area (TPSA) is 77.1 Å². The van der Waals surface area contributed by atoms with Gasteiger partial charge in [0.05, 0.1) is 29.6 Å². The summed E-state index contributed by atoms with van der Waals surface area (Å²) in [5, 5.41) is 9.67. The minimum absolute atomic E-state index is 0.0547. The van der Waals surface area contributed by atoms with Crippen LogP contribution in [0.15, 0.2) is 77.6 Å². The summed E-state index contributed by atoms with van der Waals surface area (Å²) in [5.74, 6) is 1.35. The average molecular weight is 608 g/mol. The zero-order chi connectivity index (χ0) is 31.9. The van der Waals surface area contributed by atoms with Crippen LogP contribution in [0, 0.1) is 18.3 Å². The molecule has 0 saturated carbocycles. The van der Waals surface area contributed by atoms with Gasteiger partial charge in [-0.25, -0.2) is 4.98 Å². The van der Waals surface area contributed by atoms with E-state index < -0.39 is 8.32 Å². The summed E-state index contributed by atoms with van der Waals surface area (Å²) >= 11 is 0. The molecule has 1 heterocycles. The summed E-state index contributed by atoms with van der Waals surface area (Å²) in [6.45, 7) is 16.2. The Morgan fingerprint density at radius 1 is 0.977 bits per heavy atom. The van der Waals surface area contributed by atoms with Crippen LogP contribution in [-0.4, -0.2) is 31.1 Å². The molecule has 0 aliphatic rings. The van der Waals surface area contributed by atoms with Gasteiger partial charge in [-0.2, -0.15) is 5.26 Å². The molecule has 44 heavy (non-hydrogen) atoms. The Bertz CT molecular complexity index is 1680. The van der Waals surface area contributed by atoms with Gasteiger partial charge < -0.3 is 9.16 Å². The third-order valence-corrected chi connectivity index (χ3v) is 13.1. The second-order valence-corrected chi connectivity index (χ2v) is 17.6. The van der Waals surface area contributed by atoms with E-state index in [9.17, 15) is 10.1 Å². The molecule has 0 fully saturated rings. The lowest BCUT2D eigenvalue weighted by Crippen LogP contribution is -2.41. The van der Waals surface area contributed by atoms with E-state index in [-0.39, 0.29) is 10.6 Å². The molecule has 0 amide bonds. The van der Waals surface area contributed by atoms with Crippen LogP contribution >= 0.6 is 0 Å². The second-order valence-electron chi connectivity index (χ2n) is 12.8. The van der Waals surface area contributed by atoms with Crippen molar-refractivity contribution in [2.75, 3.05) is 13.2 Å². The fraction of sp³-hybridized carbons (Fsp3) is 0.378. The van der Waals surface area contributed by atoms with Crippen LogP contribution in [0.5, 0.6) is 5.75 Å². The fourth-order valence-electron chi connectivity index (χ4n) is 4.97. The lowest BCUT2D eigenvalue weighted by molar-refractivity contribution is 0.203. The quantitative estimate of drug-likeness (QED) is 0.119. The number of aryl methyl sites for hydroxylation is 2. The highest BCUT2D eigenvalue weighted by Crippen LogP contribution is 2.36. The number of nitriles is 1. The van der Waals surface area contributed by atoms with Gasteiger partial charge in [-0.05, 0) is 72.8 Å². The number of rotatable bonds is 12. The molecule has 0 bridgehead atoms. The van der Waals surface area contributed by atoms with Crippen molar-refractivity contribution in [2.24, 2.45) is 0 Å². The average Bonchev–Trinajstić information content (AvgIpc) is 3.00. The molecule has 0 unspecified atom stereocenters. The zero-order valence-corrected chi connectivity index (χ0v) is 28.2. The van der Waals surface area contributed by atoms with E-state index in [2.05, 4.69) is 46.9 Å². The highest BCUT2D eigenvalue weighted by atomic mass is 28.4. The van der Waals surface area contributed by atoms with E-state index in [4.69, 9.17) is 14.1 Å². The molecule has 0 radical (unpaired) electrons. The van der Waals surface area contributed by atoms with E-state index in [1.165, 1.54) is 0 Å². The molecule has 0 N–H and O–H groups in total. The molecule has 0 atom stereocenters. The molecular weight excluding hydrogens is 563 g/mol. The van der Waals surface area contributed by atoms with E-state index in [0.717, 1.165) is 47.3 Å². The van der Waals surface area contributed by atoms with Crippen molar-refractivity contribution in [1.82, 2.24) is 9.55 Å². The Morgan fingerprint density at radius 3 is 2.39 bits per heavy atom. The van der Waals surface area contributed by atoms with E-state index >= 15 is 0 Å². The van der Waals surface area contributed by atoms with Crippen molar-refractivity contribution < 1.29 is 9.16 Å². The monoisotopic (exact) mass is 607 g/mol. The van der Waals surface area contributed by atoms with Crippen molar-refractivity contribution in [3.05, 3.63) is 111 Å². The molecule has 4 rings (SSSR count). The minimum Gasteiger partial charge on any atom is -0.491 e. The number of unbranched alkanes of at least 4 members (excludes halogenated alkanes) is 1. The summed E-state index contributed by atoms with van der Waals surface area (Å²) in [6.07, 6.45) is 3.22. The molecule has 7 heteroatoms. The summed E-state index contributed by atoms with van der Waals surface area (Å²) in [6, 6.07) is 25.6.